The Hall–Kier alpha value is -7.36. The van der Waals surface area contributed by atoms with Gasteiger partial charge < -0.3 is 4.42 Å². The van der Waals surface area contributed by atoms with Crippen molar-refractivity contribution in [2.45, 2.75) is 12.3 Å². The van der Waals surface area contributed by atoms with E-state index in [4.69, 9.17) is 14.4 Å². The van der Waals surface area contributed by atoms with Gasteiger partial charge in [0.05, 0.1) is 11.4 Å². The van der Waals surface area contributed by atoms with Crippen molar-refractivity contribution < 1.29 is 4.42 Å². The highest BCUT2D eigenvalue weighted by atomic mass is 16.3. The summed E-state index contributed by atoms with van der Waals surface area (Å²) in [7, 11) is 0. The van der Waals surface area contributed by atoms with Crippen molar-refractivity contribution in [3.8, 4) is 67.3 Å². The minimum absolute atomic E-state index is 0.366. The van der Waals surface area contributed by atoms with Crippen LogP contribution < -0.4 is 0 Å². The fourth-order valence-electron chi connectivity index (χ4n) is 9.04. The predicted octanol–water partition coefficient (Wildman–Crippen LogP) is 14.0. The Labute approximate surface area is 331 Å². The van der Waals surface area contributed by atoms with Crippen LogP contribution in [0, 0.1) is 0 Å². The van der Waals surface area contributed by atoms with E-state index < -0.39 is 0 Å². The van der Waals surface area contributed by atoms with Crippen molar-refractivity contribution in [3.63, 3.8) is 0 Å². The number of aromatic nitrogens is 2. The molecule has 1 atom stereocenters. The van der Waals surface area contributed by atoms with Crippen LogP contribution in [-0.4, -0.2) is 9.97 Å². The number of para-hydroxylation sites is 2. The number of hydrogen-bond donors (Lipinski definition) is 0. The molecule has 0 bridgehead atoms. The lowest BCUT2D eigenvalue weighted by molar-refractivity contribution is 0.670. The number of hydrogen-bond acceptors (Lipinski definition) is 3. The van der Waals surface area contributed by atoms with E-state index >= 15 is 0 Å². The van der Waals surface area contributed by atoms with E-state index in [9.17, 15) is 0 Å². The minimum atomic E-state index is -0.366. The van der Waals surface area contributed by atoms with Gasteiger partial charge in [-0.05, 0) is 81.3 Å². The summed E-state index contributed by atoms with van der Waals surface area (Å²) >= 11 is 0. The Balaban J connectivity index is 1.12. The van der Waals surface area contributed by atoms with E-state index in [1.54, 1.807) is 0 Å². The van der Waals surface area contributed by atoms with Gasteiger partial charge >= 0.3 is 0 Å². The fraction of sp³-hybridized carbons (Fsp3) is 0.0370. The van der Waals surface area contributed by atoms with Crippen molar-refractivity contribution in [2.24, 2.45) is 0 Å². The number of nitrogens with zero attached hydrogens (tertiary/aromatic N) is 2. The van der Waals surface area contributed by atoms with Gasteiger partial charge in [-0.3, -0.25) is 0 Å². The van der Waals surface area contributed by atoms with Gasteiger partial charge in [-0.25, -0.2) is 9.97 Å². The Morgan fingerprint density at radius 2 is 1.00 bits per heavy atom. The van der Waals surface area contributed by atoms with Crippen LogP contribution in [0.15, 0.2) is 205 Å². The van der Waals surface area contributed by atoms with Crippen LogP contribution in [0.5, 0.6) is 0 Å². The number of benzene rings is 8. The zero-order valence-electron chi connectivity index (χ0n) is 31.4. The second kappa shape index (κ2) is 13.1. The maximum atomic E-state index is 6.52. The molecular formula is C54H36N2O. The molecule has 1 aliphatic carbocycles. The van der Waals surface area contributed by atoms with Crippen LogP contribution in [0.4, 0.5) is 0 Å². The smallest absolute Gasteiger partial charge is 0.160 e. The van der Waals surface area contributed by atoms with Crippen LogP contribution in [0.2, 0.25) is 0 Å². The van der Waals surface area contributed by atoms with E-state index in [1.165, 1.54) is 38.9 Å². The molecule has 10 aromatic rings. The highest BCUT2D eigenvalue weighted by Gasteiger charge is 2.42. The molecule has 0 N–H and O–H groups in total. The van der Waals surface area contributed by atoms with Gasteiger partial charge in [-0.2, -0.15) is 0 Å². The molecule has 1 unspecified atom stereocenters. The van der Waals surface area contributed by atoms with E-state index in [0.717, 1.165) is 61.1 Å². The van der Waals surface area contributed by atoms with Gasteiger partial charge in [0, 0.05) is 32.9 Å². The molecule has 3 heteroatoms. The molecule has 0 spiro atoms. The molecule has 0 radical (unpaired) electrons. The van der Waals surface area contributed by atoms with E-state index in [0.29, 0.717) is 5.82 Å². The summed E-state index contributed by atoms with van der Waals surface area (Å²) in [5, 5.41) is 2.16. The van der Waals surface area contributed by atoms with Crippen molar-refractivity contribution in [2.75, 3.05) is 0 Å². The van der Waals surface area contributed by atoms with Crippen molar-refractivity contribution >= 4 is 21.9 Å². The normalized spacial score (nSPS) is 14.5. The van der Waals surface area contributed by atoms with Crippen LogP contribution in [0.1, 0.15) is 23.6 Å². The zero-order chi connectivity index (χ0) is 37.9. The fourth-order valence-corrected chi connectivity index (χ4v) is 9.04. The molecule has 0 amide bonds. The van der Waals surface area contributed by atoms with Crippen LogP contribution in [0.25, 0.3) is 89.2 Å². The maximum Gasteiger partial charge on any atom is 0.160 e. The molecule has 2 aromatic heterocycles. The Morgan fingerprint density at radius 1 is 0.404 bits per heavy atom. The average molecular weight is 729 g/mol. The molecule has 0 saturated heterocycles. The highest BCUT2D eigenvalue weighted by Crippen LogP contribution is 2.56. The average Bonchev–Trinajstić information content (AvgIpc) is 3.80. The third kappa shape index (κ3) is 5.27. The summed E-state index contributed by atoms with van der Waals surface area (Å²) in [6, 6.07) is 71.1. The summed E-state index contributed by atoms with van der Waals surface area (Å²) in [5.74, 6) is 0.667. The quantitative estimate of drug-likeness (QED) is 0.171. The summed E-state index contributed by atoms with van der Waals surface area (Å²) < 4.78 is 6.52. The van der Waals surface area contributed by atoms with E-state index in [1.807, 2.05) is 30.3 Å². The van der Waals surface area contributed by atoms with Gasteiger partial charge in [-0.1, -0.05) is 176 Å². The molecule has 57 heavy (non-hydrogen) atoms. The molecule has 2 heterocycles. The molecule has 1 aliphatic rings. The molecule has 11 rings (SSSR count). The molecule has 0 fully saturated rings. The molecular weight excluding hydrogens is 693 g/mol. The maximum absolute atomic E-state index is 6.52. The Bertz CT molecular complexity index is 3130. The second-order valence-corrected chi connectivity index (χ2v) is 15.0. The predicted molar refractivity (Wildman–Crippen MR) is 234 cm³/mol. The first-order valence-electron chi connectivity index (χ1n) is 19.5. The van der Waals surface area contributed by atoms with E-state index in [2.05, 4.69) is 177 Å². The van der Waals surface area contributed by atoms with Crippen LogP contribution in [-0.2, 0) is 5.41 Å². The lowest BCUT2D eigenvalue weighted by atomic mass is 9.73. The molecule has 0 saturated carbocycles. The summed E-state index contributed by atoms with van der Waals surface area (Å²) in [6.07, 6.45) is 0. The third-order valence-corrected chi connectivity index (χ3v) is 11.8. The SMILES string of the molecule is CC1(c2ccccc2)c2cc(-c3ccccc3-c3cc(-c4cccc5c4oc4ccccc45)nc(-c4ccccc4)n3)ccc2-c2c(-c3ccccc3)cccc21. The summed E-state index contributed by atoms with van der Waals surface area (Å²) in [6.45, 7) is 2.39. The molecule has 8 aromatic carbocycles. The standard InChI is InChI=1S/C54H36N2O/c1-54(38-21-9-4-10-22-38)46-29-16-26-40(35-17-5-2-6-18-35)51(46)44-32-31-37(33-47(44)54)39-23-11-12-24-41(39)48-34-49(56-53(55-48)36-19-7-3-8-20-36)45-28-15-27-43-42-25-13-14-30-50(42)57-52(43)45/h2-34H,1H3. The lowest BCUT2D eigenvalue weighted by Crippen LogP contribution is -2.22. The van der Waals surface area contributed by atoms with Gasteiger partial charge in [0.25, 0.3) is 0 Å². The van der Waals surface area contributed by atoms with Crippen LogP contribution in [0.3, 0.4) is 0 Å². The first-order valence-corrected chi connectivity index (χ1v) is 19.5. The third-order valence-electron chi connectivity index (χ3n) is 11.8. The highest BCUT2D eigenvalue weighted by molar-refractivity contribution is 6.09. The first-order chi connectivity index (χ1) is 28.1. The molecule has 3 nitrogen and oxygen atoms in total. The van der Waals surface area contributed by atoms with Crippen molar-refractivity contribution in [1.82, 2.24) is 9.97 Å². The Morgan fingerprint density at radius 3 is 1.79 bits per heavy atom. The topological polar surface area (TPSA) is 38.9 Å². The van der Waals surface area contributed by atoms with Crippen LogP contribution >= 0.6 is 0 Å². The largest absolute Gasteiger partial charge is 0.455 e. The van der Waals surface area contributed by atoms with Crippen molar-refractivity contribution in [1.29, 1.82) is 0 Å². The number of rotatable bonds is 6. The summed E-state index contributed by atoms with van der Waals surface area (Å²) in [5.41, 5.74) is 17.1. The molecule has 0 aliphatic heterocycles. The lowest BCUT2D eigenvalue weighted by Gasteiger charge is -2.29. The number of furan rings is 1. The Kier molecular flexibility index (Phi) is 7.61. The van der Waals surface area contributed by atoms with Gasteiger partial charge in [0.15, 0.2) is 5.82 Å². The summed E-state index contributed by atoms with van der Waals surface area (Å²) in [4.78, 5) is 10.5. The minimum Gasteiger partial charge on any atom is -0.455 e. The van der Waals surface area contributed by atoms with Gasteiger partial charge in [0.1, 0.15) is 11.2 Å². The van der Waals surface area contributed by atoms with Gasteiger partial charge in [0.2, 0.25) is 0 Å². The molecule has 268 valence electrons. The van der Waals surface area contributed by atoms with Gasteiger partial charge in [-0.15, -0.1) is 0 Å². The first kappa shape index (κ1) is 33.0. The second-order valence-electron chi connectivity index (χ2n) is 15.0. The zero-order valence-corrected chi connectivity index (χ0v) is 31.4. The van der Waals surface area contributed by atoms with E-state index in [-0.39, 0.29) is 5.41 Å². The monoisotopic (exact) mass is 728 g/mol. The number of fused-ring (bicyclic) bond motifs is 6. The van der Waals surface area contributed by atoms with Crippen molar-refractivity contribution in [3.05, 3.63) is 217 Å².